The second kappa shape index (κ2) is 11.9. The molecule has 2 aromatic rings. The summed E-state index contributed by atoms with van der Waals surface area (Å²) >= 11 is 12.4. The Bertz CT molecular complexity index is 1480. The van der Waals surface area contributed by atoms with Crippen LogP contribution in [0.2, 0.25) is 10.0 Å². The maximum atomic E-state index is 14.6. The number of halogens is 2. The summed E-state index contributed by atoms with van der Waals surface area (Å²) in [5.74, 6) is 0.697. The molecule has 1 N–H and O–H groups in total. The van der Waals surface area contributed by atoms with Crippen LogP contribution in [0.25, 0.3) is 0 Å². The minimum absolute atomic E-state index is 0.0538. The van der Waals surface area contributed by atoms with Crippen molar-refractivity contribution in [3.8, 4) is 5.75 Å². The highest BCUT2D eigenvalue weighted by Gasteiger charge is 2.55. The first-order chi connectivity index (χ1) is 20.5. The number of piperazine rings is 1. The van der Waals surface area contributed by atoms with E-state index < -0.39 is 28.3 Å². The number of nitrogens with one attached hydrogen (secondary N) is 1. The second-order valence-electron chi connectivity index (χ2n) is 12.4. The van der Waals surface area contributed by atoms with Crippen molar-refractivity contribution in [2.75, 3.05) is 20.2 Å². The quantitative estimate of drug-likeness (QED) is 0.415. The van der Waals surface area contributed by atoms with Gasteiger partial charge in [-0.3, -0.25) is 9.59 Å². The first-order valence-electron chi connectivity index (χ1n) is 15.0. The van der Waals surface area contributed by atoms with E-state index in [2.05, 4.69) is 5.32 Å². The fraction of sp³-hybridized carbons (Fsp3) is 0.548. The molecule has 2 aliphatic heterocycles. The third-order valence-electron chi connectivity index (χ3n) is 9.16. The molecule has 3 atom stereocenters. The molecular weight excluding hydrogens is 611 g/mol. The Morgan fingerprint density at radius 3 is 2.14 bits per heavy atom. The van der Waals surface area contributed by atoms with Crippen LogP contribution in [-0.4, -0.2) is 84.9 Å². The predicted octanol–water partition coefficient (Wildman–Crippen LogP) is 4.17. The van der Waals surface area contributed by atoms with Gasteiger partial charge in [-0.25, -0.2) is 8.42 Å². The van der Waals surface area contributed by atoms with E-state index in [-0.39, 0.29) is 59.1 Å². The van der Waals surface area contributed by atoms with E-state index in [1.54, 1.807) is 23.1 Å². The van der Waals surface area contributed by atoms with Gasteiger partial charge in [-0.2, -0.15) is 4.31 Å². The number of ether oxygens (including phenoxy) is 1. The molecule has 43 heavy (non-hydrogen) atoms. The van der Waals surface area contributed by atoms with Crippen molar-refractivity contribution >= 4 is 45.0 Å². The van der Waals surface area contributed by atoms with E-state index in [1.807, 2.05) is 26.0 Å². The lowest BCUT2D eigenvalue weighted by Crippen LogP contribution is -2.76. The number of nitrogens with zero attached hydrogens (tertiary/aromatic N) is 3. The van der Waals surface area contributed by atoms with Gasteiger partial charge < -0.3 is 19.9 Å². The van der Waals surface area contributed by atoms with Crippen LogP contribution < -0.4 is 10.1 Å². The summed E-state index contributed by atoms with van der Waals surface area (Å²) in [5, 5.41) is 4.42. The number of sulfonamides is 1. The number of amides is 2. The molecule has 12 heteroatoms. The lowest BCUT2D eigenvalue weighted by Gasteiger charge is -2.54. The molecule has 6 rings (SSSR count). The highest BCUT2D eigenvalue weighted by molar-refractivity contribution is 7.89. The standard InChI is InChI=1S/C31H38Cl2N4O5S/c1-18(2)35-17-28-36(43(40,41)27-15-23(33)12-13-26(27)42-3)16-24(34-29(20-6-7-20)21-8-9-21)30(38)37(28)25(31(35)39)14-19-4-10-22(32)11-5-19/h4-5,10-13,15,18,20-21,24-25,28-29,34H,6-9,14,16-17H2,1-3H3. The van der Waals surface area contributed by atoms with Crippen molar-refractivity contribution in [2.45, 2.75) is 81.2 Å². The largest absolute Gasteiger partial charge is 0.495 e. The zero-order valence-corrected chi connectivity index (χ0v) is 26.9. The van der Waals surface area contributed by atoms with Gasteiger partial charge in [0.1, 0.15) is 28.9 Å². The summed E-state index contributed by atoms with van der Waals surface area (Å²) in [6.07, 6.45) is 3.73. The SMILES string of the molecule is COc1ccc(Cl)cc1S(=O)(=O)N1CC(NC(C2CC2)C2CC2)C(=O)N2C(Cc3ccc(Cl)cc3)C(=O)N(C(C)C)CC21. The summed E-state index contributed by atoms with van der Waals surface area (Å²) in [4.78, 5) is 31.6. The van der Waals surface area contributed by atoms with Crippen molar-refractivity contribution in [3.05, 3.63) is 58.1 Å². The number of fused-ring (bicyclic) bond motifs is 1. The van der Waals surface area contributed by atoms with Crippen LogP contribution in [-0.2, 0) is 26.0 Å². The fourth-order valence-corrected chi connectivity index (χ4v) is 8.75. The van der Waals surface area contributed by atoms with Crippen molar-refractivity contribution in [1.82, 2.24) is 19.4 Å². The molecule has 0 bridgehead atoms. The summed E-state index contributed by atoms with van der Waals surface area (Å²) in [6.45, 7) is 3.80. The Morgan fingerprint density at radius 2 is 1.56 bits per heavy atom. The van der Waals surface area contributed by atoms with Gasteiger partial charge in [0.15, 0.2) is 0 Å². The molecule has 2 aromatic carbocycles. The smallest absolute Gasteiger partial charge is 0.248 e. The number of rotatable bonds is 10. The van der Waals surface area contributed by atoms with Crippen molar-refractivity contribution in [3.63, 3.8) is 0 Å². The lowest BCUT2D eigenvalue weighted by molar-refractivity contribution is -0.169. The van der Waals surface area contributed by atoms with E-state index in [1.165, 1.54) is 28.4 Å². The molecule has 4 fully saturated rings. The van der Waals surface area contributed by atoms with Crippen LogP contribution in [0.15, 0.2) is 47.4 Å². The second-order valence-corrected chi connectivity index (χ2v) is 15.2. The van der Waals surface area contributed by atoms with Crippen molar-refractivity contribution in [1.29, 1.82) is 0 Å². The number of carbonyl (C=O) groups excluding carboxylic acids is 2. The van der Waals surface area contributed by atoms with E-state index in [0.717, 1.165) is 31.2 Å². The summed E-state index contributed by atoms with van der Waals surface area (Å²) in [5.41, 5.74) is 0.828. The highest BCUT2D eigenvalue weighted by Crippen LogP contribution is 2.45. The summed E-state index contributed by atoms with van der Waals surface area (Å²) < 4.78 is 36.0. The van der Waals surface area contributed by atoms with Crippen LogP contribution in [0.5, 0.6) is 5.75 Å². The monoisotopic (exact) mass is 648 g/mol. The molecule has 2 heterocycles. The molecule has 232 valence electrons. The van der Waals surface area contributed by atoms with Gasteiger partial charge in [0.05, 0.1) is 13.7 Å². The minimum Gasteiger partial charge on any atom is -0.495 e. The molecule has 2 saturated carbocycles. The molecule has 0 aromatic heterocycles. The topological polar surface area (TPSA) is 99.3 Å². The normalized spacial score (nSPS) is 25.0. The third-order valence-corrected chi connectivity index (χ3v) is 11.5. The predicted molar refractivity (Wildman–Crippen MR) is 164 cm³/mol. The van der Waals surface area contributed by atoms with E-state index in [9.17, 15) is 18.0 Å². The third kappa shape index (κ3) is 6.01. The van der Waals surface area contributed by atoms with Gasteiger partial charge in [-0.1, -0.05) is 35.3 Å². The van der Waals surface area contributed by atoms with Crippen LogP contribution in [0.1, 0.15) is 45.1 Å². The van der Waals surface area contributed by atoms with Crippen molar-refractivity contribution in [2.24, 2.45) is 11.8 Å². The maximum absolute atomic E-state index is 14.6. The number of hydrogen-bond acceptors (Lipinski definition) is 6. The zero-order chi connectivity index (χ0) is 30.6. The number of benzene rings is 2. The van der Waals surface area contributed by atoms with Crippen molar-refractivity contribution < 1.29 is 22.7 Å². The van der Waals surface area contributed by atoms with Gasteiger partial charge in [0.25, 0.3) is 0 Å². The highest BCUT2D eigenvalue weighted by atomic mass is 35.5. The van der Waals surface area contributed by atoms with Gasteiger partial charge >= 0.3 is 0 Å². The summed E-state index contributed by atoms with van der Waals surface area (Å²) in [7, 11) is -2.82. The van der Waals surface area contributed by atoms with E-state index in [0.29, 0.717) is 16.9 Å². The fourth-order valence-electron chi connectivity index (χ4n) is 6.62. The molecular formula is C31H38Cl2N4O5S. The molecule has 2 amide bonds. The molecule has 2 aliphatic carbocycles. The van der Waals surface area contributed by atoms with Gasteiger partial charge in [0, 0.05) is 35.1 Å². The summed E-state index contributed by atoms with van der Waals surface area (Å²) in [6, 6.07) is 9.93. The Hall–Kier alpha value is -2.37. The first kappa shape index (κ1) is 30.6. The average molecular weight is 650 g/mol. The average Bonchev–Trinajstić information content (AvgIpc) is 3.89. The molecule has 4 aliphatic rings. The number of carbonyl (C=O) groups is 2. The Morgan fingerprint density at radius 1 is 0.930 bits per heavy atom. The first-order valence-corrected chi connectivity index (χ1v) is 17.2. The Kier molecular flexibility index (Phi) is 8.45. The van der Waals surface area contributed by atoms with Crippen LogP contribution in [0, 0.1) is 11.8 Å². The molecule has 2 saturated heterocycles. The maximum Gasteiger partial charge on any atom is 0.248 e. The van der Waals surface area contributed by atoms with Crippen LogP contribution in [0.3, 0.4) is 0 Å². The number of methoxy groups -OCH3 is 1. The molecule has 3 unspecified atom stereocenters. The van der Waals surface area contributed by atoms with E-state index >= 15 is 0 Å². The number of hydrogen-bond donors (Lipinski definition) is 1. The van der Waals surface area contributed by atoms with Gasteiger partial charge in [-0.05, 0) is 87.3 Å². The van der Waals surface area contributed by atoms with Gasteiger partial charge in [-0.15, -0.1) is 0 Å². The molecule has 0 spiro atoms. The van der Waals surface area contributed by atoms with Gasteiger partial charge in [0.2, 0.25) is 21.8 Å². The van der Waals surface area contributed by atoms with Crippen LogP contribution >= 0.6 is 23.2 Å². The van der Waals surface area contributed by atoms with E-state index in [4.69, 9.17) is 27.9 Å². The lowest BCUT2D eigenvalue weighted by atomic mass is 9.95. The molecule has 0 radical (unpaired) electrons. The van der Waals surface area contributed by atoms with Crippen LogP contribution in [0.4, 0.5) is 0 Å². The molecule has 9 nitrogen and oxygen atoms in total. The zero-order valence-electron chi connectivity index (χ0n) is 24.6. The minimum atomic E-state index is -4.23. The Balaban J connectivity index is 1.44. The Labute approximate surface area is 263 Å².